The van der Waals surface area contributed by atoms with Crippen LogP contribution in [-0.2, 0) is 0 Å². The summed E-state index contributed by atoms with van der Waals surface area (Å²) in [4.78, 5) is 16.2. The van der Waals surface area contributed by atoms with Crippen molar-refractivity contribution in [3.63, 3.8) is 0 Å². The van der Waals surface area contributed by atoms with Crippen LogP contribution in [0.2, 0.25) is 0 Å². The summed E-state index contributed by atoms with van der Waals surface area (Å²) in [5, 5.41) is 2.30. The van der Waals surface area contributed by atoms with Crippen LogP contribution in [0.3, 0.4) is 0 Å². The van der Waals surface area contributed by atoms with Gasteiger partial charge in [0.25, 0.3) is 5.91 Å². The second-order valence-electron chi connectivity index (χ2n) is 5.00. The number of benzene rings is 2. The summed E-state index contributed by atoms with van der Waals surface area (Å²) < 4.78 is 44.8. The first-order chi connectivity index (χ1) is 12.0. The Morgan fingerprint density at radius 2 is 1.64 bits per heavy atom. The molecule has 7 heteroatoms. The third-order valence-electron chi connectivity index (χ3n) is 3.17. The fraction of sp³-hybridized carbons (Fsp3) is 0. The number of pyridine rings is 1. The van der Waals surface area contributed by atoms with Gasteiger partial charge in [0, 0.05) is 12.1 Å². The Balaban J connectivity index is 1.76. The lowest BCUT2D eigenvalue weighted by Gasteiger charge is -2.08. The maximum atomic E-state index is 13.6. The van der Waals surface area contributed by atoms with Crippen LogP contribution in [0, 0.1) is 17.5 Å². The van der Waals surface area contributed by atoms with Crippen LogP contribution < -0.4 is 10.1 Å². The van der Waals surface area contributed by atoms with Crippen LogP contribution in [0.5, 0.6) is 11.6 Å². The lowest BCUT2D eigenvalue weighted by atomic mass is 10.2. The molecule has 1 aromatic heterocycles. The molecule has 1 amide bonds. The van der Waals surface area contributed by atoms with E-state index in [1.165, 1.54) is 42.5 Å². The molecule has 1 heterocycles. The Kier molecular flexibility index (Phi) is 4.65. The number of anilines is 1. The number of carbonyl (C=O) groups is 1. The van der Waals surface area contributed by atoms with E-state index in [1.807, 2.05) is 0 Å². The molecule has 126 valence electrons. The van der Waals surface area contributed by atoms with Gasteiger partial charge in [0.2, 0.25) is 5.88 Å². The average Bonchev–Trinajstić information content (AvgIpc) is 2.60. The maximum absolute atomic E-state index is 13.6. The van der Waals surface area contributed by atoms with Gasteiger partial charge < -0.3 is 10.1 Å². The highest BCUT2D eigenvalue weighted by atomic mass is 19.1. The van der Waals surface area contributed by atoms with Crippen molar-refractivity contribution in [2.24, 2.45) is 0 Å². The standard InChI is InChI=1S/C18H11F3N2O2/c19-11-4-7-13(8-5-11)25-17-3-1-2-16(22-17)18(24)23-15-9-6-12(20)10-14(15)21/h1-10H,(H,23,24). The summed E-state index contributed by atoms with van der Waals surface area (Å²) in [6, 6.07) is 12.5. The molecule has 4 nitrogen and oxygen atoms in total. The number of carbonyl (C=O) groups excluding carboxylic acids is 1. The van der Waals surface area contributed by atoms with Gasteiger partial charge in [0.1, 0.15) is 28.9 Å². The summed E-state index contributed by atoms with van der Waals surface area (Å²) in [7, 11) is 0. The number of amides is 1. The van der Waals surface area contributed by atoms with Crippen molar-refractivity contribution < 1.29 is 22.7 Å². The predicted molar refractivity (Wildman–Crippen MR) is 85.0 cm³/mol. The predicted octanol–water partition coefficient (Wildman–Crippen LogP) is 4.54. The van der Waals surface area contributed by atoms with Gasteiger partial charge in [-0.1, -0.05) is 6.07 Å². The first-order valence-electron chi connectivity index (χ1n) is 7.18. The van der Waals surface area contributed by atoms with Gasteiger partial charge in [0.05, 0.1) is 5.69 Å². The van der Waals surface area contributed by atoms with E-state index in [0.717, 1.165) is 12.1 Å². The van der Waals surface area contributed by atoms with Crippen molar-refractivity contribution in [1.29, 1.82) is 0 Å². The SMILES string of the molecule is O=C(Nc1ccc(F)cc1F)c1cccc(Oc2ccc(F)cc2)n1. The first kappa shape index (κ1) is 16.5. The number of hydrogen-bond acceptors (Lipinski definition) is 3. The zero-order valence-electron chi connectivity index (χ0n) is 12.7. The minimum Gasteiger partial charge on any atom is -0.439 e. The number of ether oxygens (including phenoxy) is 1. The number of halogens is 3. The zero-order chi connectivity index (χ0) is 17.8. The molecule has 0 aliphatic carbocycles. The lowest BCUT2D eigenvalue weighted by Crippen LogP contribution is -2.14. The Bertz CT molecular complexity index is 914. The fourth-order valence-corrected chi connectivity index (χ4v) is 2.00. The van der Waals surface area contributed by atoms with Crippen LogP contribution in [0.4, 0.5) is 18.9 Å². The third kappa shape index (κ3) is 4.14. The van der Waals surface area contributed by atoms with E-state index in [4.69, 9.17) is 4.74 Å². The highest BCUT2D eigenvalue weighted by molar-refractivity contribution is 6.03. The van der Waals surface area contributed by atoms with E-state index in [2.05, 4.69) is 10.3 Å². The lowest BCUT2D eigenvalue weighted by molar-refractivity contribution is 0.102. The molecule has 0 unspecified atom stereocenters. The molecule has 3 rings (SSSR count). The molecule has 0 radical (unpaired) electrons. The molecular weight excluding hydrogens is 333 g/mol. The highest BCUT2D eigenvalue weighted by Crippen LogP contribution is 2.20. The number of hydrogen-bond donors (Lipinski definition) is 1. The van der Waals surface area contributed by atoms with Gasteiger partial charge in [-0.05, 0) is 42.5 Å². The van der Waals surface area contributed by atoms with Gasteiger partial charge in [-0.15, -0.1) is 0 Å². The van der Waals surface area contributed by atoms with Gasteiger partial charge in [-0.2, -0.15) is 0 Å². The molecule has 0 saturated carbocycles. The number of rotatable bonds is 4. The van der Waals surface area contributed by atoms with Crippen LogP contribution in [0.15, 0.2) is 60.7 Å². The largest absolute Gasteiger partial charge is 0.439 e. The van der Waals surface area contributed by atoms with Gasteiger partial charge >= 0.3 is 0 Å². The van der Waals surface area contributed by atoms with Gasteiger partial charge in [0.15, 0.2) is 0 Å². The molecule has 3 aromatic rings. The van der Waals surface area contributed by atoms with E-state index < -0.39 is 23.4 Å². The smallest absolute Gasteiger partial charge is 0.274 e. The molecule has 1 N–H and O–H groups in total. The maximum Gasteiger partial charge on any atom is 0.274 e. The Morgan fingerprint density at radius 1 is 0.920 bits per heavy atom. The van der Waals surface area contributed by atoms with Crippen LogP contribution in [-0.4, -0.2) is 10.9 Å². The Hall–Kier alpha value is -3.35. The van der Waals surface area contributed by atoms with Crippen molar-refractivity contribution in [2.45, 2.75) is 0 Å². The molecule has 25 heavy (non-hydrogen) atoms. The second kappa shape index (κ2) is 7.04. The van der Waals surface area contributed by atoms with Crippen molar-refractivity contribution in [1.82, 2.24) is 4.98 Å². The van der Waals surface area contributed by atoms with E-state index in [0.29, 0.717) is 11.8 Å². The minimum atomic E-state index is -0.896. The first-order valence-corrected chi connectivity index (χ1v) is 7.18. The summed E-state index contributed by atoms with van der Waals surface area (Å²) >= 11 is 0. The van der Waals surface area contributed by atoms with E-state index in [-0.39, 0.29) is 17.3 Å². The average molecular weight is 344 g/mol. The van der Waals surface area contributed by atoms with E-state index in [1.54, 1.807) is 0 Å². The number of aromatic nitrogens is 1. The van der Waals surface area contributed by atoms with Crippen LogP contribution in [0.25, 0.3) is 0 Å². The Labute approximate surface area is 140 Å². The summed E-state index contributed by atoms with van der Waals surface area (Å²) in [5.41, 5.74) is -0.193. The van der Waals surface area contributed by atoms with Gasteiger partial charge in [-0.25, -0.2) is 18.2 Å². The molecule has 2 aromatic carbocycles. The fourth-order valence-electron chi connectivity index (χ4n) is 2.00. The highest BCUT2D eigenvalue weighted by Gasteiger charge is 2.12. The molecule has 0 atom stereocenters. The Morgan fingerprint density at radius 3 is 2.36 bits per heavy atom. The quantitative estimate of drug-likeness (QED) is 0.756. The molecule has 0 bridgehead atoms. The molecule has 0 aliphatic rings. The normalized spacial score (nSPS) is 10.4. The summed E-state index contributed by atoms with van der Waals surface area (Å²) in [6.07, 6.45) is 0. The van der Waals surface area contributed by atoms with Crippen molar-refractivity contribution >= 4 is 11.6 Å². The van der Waals surface area contributed by atoms with Crippen LogP contribution in [0.1, 0.15) is 10.5 Å². The van der Waals surface area contributed by atoms with E-state index in [9.17, 15) is 18.0 Å². The topological polar surface area (TPSA) is 51.2 Å². The summed E-state index contributed by atoms with van der Waals surface area (Å²) in [6.45, 7) is 0. The monoisotopic (exact) mass is 344 g/mol. The third-order valence-corrected chi connectivity index (χ3v) is 3.17. The summed E-state index contributed by atoms with van der Waals surface area (Å²) in [5.74, 6) is -2.28. The van der Waals surface area contributed by atoms with Crippen molar-refractivity contribution in [2.75, 3.05) is 5.32 Å². The molecule has 0 aliphatic heterocycles. The van der Waals surface area contributed by atoms with Crippen molar-refractivity contribution in [3.8, 4) is 11.6 Å². The molecule has 0 fully saturated rings. The second-order valence-corrected chi connectivity index (χ2v) is 5.00. The number of nitrogens with zero attached hydrogens (tertiary/aromatic N) is 1. The van der Waals surface area contributed by atoms with Crippen molar-refractivity contribution in [3.05, 3.63) is 83.8 Å². The zero-order valence-corrected chi connectivity index (χ0v) is 12.7. The van der Waals surface area contributed by atoms with Crippen LogP contribution >= 0.6 is 0 Å². The van der Waals surface area contributed by atoms with E-state index >= 15 is 0 Å². The van der Waals surface area contributed by atoms with Gasteiger partial charge in [-0.3, -0.25) is 4.79 Å². The molecule has 0 spiro atoms. The minimum absolute atomic E-state index is 0.0247. The molecule has 0 saturated heterocycles. The number of nitrogens with one attached hydrogen (secondary N) is 1. The molecular formula is C18H11F3N2O2.